The highest BCUT2D eigenvalue weighted by Crippen LogP contribution is 2.23. The van der Waals surface area contributed by atoms with Gasteiger partial charge in [0, 0.05) is 5.56 Å². The van der Waals surface area contributed by atoms with E-state index >= 15 is 0 Å². The van der Waals surface area contributed by atoms with Gasteiger partial charge in [-0.05, 0) is 48.5 Å². The van der Waals surface area contributed by atoms with Crippen molar-refractivity contribution in [2.75, 3.05) is 5.32 Å². The lowest BCUT2D eigenvalue weighted by atomic mass is 10.1. The van der Waals surface area contributed by atoms with Crippen LogP contribution in [0.4, 0.5) is 10.1 Å². The maximum Gasteiger partial charge on any atom is 0.337 e. The third kappa shape index (κ3) is 4.05. The molecule has 0 saturated carbocycles. The minimum Gasteiger partial charge on any atom is -0.478 e. The molecule has 3 aromatic carbocycles. The Labute approximate surface area is 148 Å². The number of aromatic carboxylic acids is 1. The number of para-hydroxylation sites is 1. The first-order valence-electron chi connectivity index (χ1n) is 7.70. The van der Waals surface area contributed by atoms with Gasteiger partial charge in [-0.15, -0.1) is 0 Å². The number of rotatable bonds is 5. The molecule has 3 rings (SSSR count). The van der Waals surface area contributed by atoms with E-state index in [1.807, 2.05) is 18.2 Å². The number of carbonyl (C=O) groups is 2. The van der Waals surface area contributed by atoms with E-state index in [2.05, 4.69) is 5.32 Å². The summed E-state index contributed by atoms with van der Waals surface area (Å²) in [6.45, 7) is 0. The van der Waals surface area contributed by atoms with Crippen LogP contribution >= 0.6 is 0 Å². The molecule has 1 amide bonds. The molecule has 0 aromatic heterocycles. The minimum absolute atomic E-state index is 0.0123. The van der Waals surface area contributed by atoms with Gasteiger partial charge >= 0.3 is 5.97 Å². The van der Waals surface area contributed by atoms with Gasteiger partial charge in [-0.3, -0.25) is 4.79 Å². The predicted octanol–water partition coefficient (Wildman–Crippen LogP) is 4.57. The smallest absolute Gasteiger partial charge is 0.337 e. The number of hydrogen-bond donors (Lipinski definition) is 2. The molecule has 0 spiro atoms. The van der Waals surface area contributed by atoms with Gasteiger partial charge in [-0.25, -0.2) is 9.18 Å². The standard InChI is InChI=1S/C20H14FNO4/c21-14-9-10-18(17(12-14)20(24)25)22-19(23)13-5-4-8-16(11-13)26-15-6-2-1-3-7-15/h1-12H,(H,22,23)(H,24,25). The summed E-state index contributed by atoms with van der Waals surface area (Å²) in [4.78, 5) is 23.6. The normalized spacial score (nSPS) is 10.2. The summed E-state index contributed by atoms with van der Waals surface area (Å²) >= 11 is 0. The highest BCUT2D eigenvalue weighted by molar-refractivity contribution is 6.07. The molecule has 6 heteroatoms. The fraction of sp³-hybridized carbons (Fsp3) is 0. The zero-order valence-electron chi connectivity index (χ0n) is 13.5. The number of halogens is 1. The number of anilines is 1. The fourth-order valence-corrected chi connectivity index (χ4v) is 2.32. The van der Waals surface area contributed by atoms with E-state index in [9.17, 15) is 14.0 Å². The number of nitrogens with one attached hydrogen (secondary N) is 1. The molecule has 3 aromatic rings. The van der Waals surface area contributed by atoms with Crippen LogP contribution in [0.25, 0.3) is 0 Å². The van der Waals surface area contributed by atoms with Crippen LogP contribution in [0.2, 0.25) is 0 Å². The largest absolute Gasteiger partial charge is 0.478 e. The molecule has 0 bridgehead atoms. The molecule has 2 N–H and O–H groups in total. The maximum absolute atomic E-state index is 13.2. The summed E-state index contributed by atoms with van der Waals surface area (Å²) in [5.74, 6) is -1.48. The molecule has 0 unspecified atom stereocenters. The van der Waals surface area contributed by atoms with Crippen molar-refractivity contribution in [1.29, 1.82) is 0 Å². The Kier molecular flexibility index (Phi) is 4.94. The highest BCUT2D eigenvalue weighted by atomic mass is 19.1. The maximum atomic E-state index is 13.2. The summed E-state index contributed by atoms with van der Waals surface area (Å²) in [5, 5.41) is 11.6. The van der Waals surface area contributed by atoms with Crippen LogP contribution in [0, 0.1) is 5.82 Å². The minimum atomic E-state index is -1.33. The van der Waals surface area contributed by atoms with Crippen LogP contribution < -0.4 is 10.1 Å². The van der Waals surface area contributed by atoms with Gasteiger partial charge in [0.15, 0.2) is 0 Å². The molecular formula is C20H14FNO4. The number of amides is 1. The Morgan fingerprint density at radius 2 is 1.62 bits per heavy atom. The van der Waals surface area contributed by atoms with Gasteiger partial charge in [0.2, 0.25) is 0 Å². The Morgan fingerprint density at radius 3 is 2.35 bits per heavy atom. The molecule has 0 aliphatic heterocycles. The van der Waals surface area contributed by atoms with E-state index in [-0.39, 0.29) is 16.8 Å². The van der Waals surface area contributed by atoms with Crippen molar-refractivity contribution in [2.45, 2.75) is 0 Å². The first-order valence-corrected chi connectivity index (χ1v) is 7.70. The van der Waals surface area contributed by atoms with Gasteiger partial charge in [0.1, 0.15) is 17.3 Å². The summed E-state index contributed by atoms with van der Waals surface area (Å²) < 4.78 is 18.9. The van der Waals surface area contributed by atoms with Gasteiger partial charge in [-0.2, -0.15) is 0 Å². The third-order valence-electron chi connectivity index (χ3n) is 3.54. The van der Waals surface area contributed by atoms with E-state index < -0.39 is 17.7 Å². The molecule has 0 aliphatic rings. The lowest BCUT2D eigenvalue weighted by molar-refractivity contribution is 0.0697. The second kappa shape index (κ2) is 7.48. The van der Waals surface area contributed by atoms with E-state index in [1.165, 1.54) is 12.1 Å². The molecule has 0 radical (unpaired) electrons. The van der Waals surface area contributed by atoms with E-state index in [0.29, 0.717) is 11.5 Å². The van der Waals surface area contributed by atoms with Crippen molar-refractivity contribution in [2.24, 2.45) is 0 Å². The Balaban J connectivity index is 1.81. The topological polar surface area (TPSA) is 75.6 Å². The molecular weight excluding hydrogens is 337 g/mol. The molecule has 26 heavy (non-hydrogen) atoms. The average molecular weight is 351 g/mol. The van der Waals surface area contributed by atoms with Crippen LogP contribution in [0.15, 0.2) is 72.8 Å². The number of carbonyl (C=O) groups excluding carboxylic acids is 1. The average Bonchev–Trinajstić information content (AvgIpc) is 2.64. The lowest BCUT2D eigenvalue weighted by Crippen LogP contribution is -2.15. The lowest BCUT2D eigenvalue weighted by Gasteiger charge is -2.10. The summed E-state index contributed by atoms with van der Waals surface area (Å²) in [6.07, 6.45) is 0. The van der Waals surface area contributed by atoms with Gasteiger partial charge in [0.25, 0.3) is 5.91 Å². The summed E-state index contributed by atoms with van der Waals surface area (Å²) in [6, 6.07) is 18.7. The molecule has 0 saturated heterocycles. The number of carboxylic acids is 1. The van der Waals surface area contributed by atoms with Crippen LogP contribution in [-0.2, 0) is 0 Å². The SMILES string of the molecule is O=C(Nc1ccc(F)cc1C(=O)O)c1cccc(Oc2ccccc2)c1. The van der Waals surface area contributed by atoms with Crippen molar-refractivity contribution >= 4 is 17.6 Å². The Morgan fingerprint density at radius 1 is 0.885 bits per heavy atom. The van der Waals surface area contributed by atoms with Gasteiger partial charge in [-0.1, -0.05) is 24.3 Å². The van der Waals surface area contributed by atoms with Crippen molar-refractivity contribution < 1.29 is 23.8 Å². The summed E-state index contributed by atoms with van der Waals surface area (Å²) in [5.41, 5.74) is -0.0348. The van der Waals surface area contributed by atoms with Crippen LogP contribution in [0.5, 0.6) is 11.5 Å². The number of benzene rings is 3. The molecule has 0 aliphatic carbocycles. The van der Waals surface area contributed by atoms with Crippen molar-refractivity contribution in [3.05, 3.63) is 89.7 Å². The predicted molar refractivity (Wildman–Crippen MR) is 94.3 cm³/mol. The Bertz CT molecular complexity index is 957. The third-order valence-corrected chi connectivity index (χ3v) is 3.54. The zero-order valence-corrected chi connectivity index (χ0v) is 13.5. The van der Waals surface area contributed by atoms with Crippen LogP contribution in [0.1, 0.15) is 20.7 Å². The highest BCUT2D eigenvalue weighted by Gasteiger charge is 2.15. The number of carboxylic acid groups (broad SMARTS) is 1. The first kappa shape index (κ1) is 17.2. The van der Waals surface area contributed by atoms with Gasteiger partial charge < -0.3 is 15.2 Å². The number of ether oxygens (including phenoxy) is 1. The zero-order chi connectivity index (χ0) is 18.5. The molecule has 130 valence electrons. The quantitative estimate of drug-likeness (QED) is 0.706. The molecule has 5 nitrogen and oxygen atoms in total. The van der Waals surface area contributed by atoms with Gasteiger partial charge in [0.05, 0.1) is 11.3 Å². The van der Waals surface area contributed by atoms with E-state index in [0.717, 1.165) is 12.1 Å². The Hall–Kier alpha value is -3.67. The monoisotopic (exact) mass is 351 g/mol. The second-order valence-electron chi connectivity index (χ2n) is 5.39. The van der Waals surface area contributed by atoms with Crippen molar-refractivity contribution in [3.8, 4) is 11.5 Å². The first-order chi connectivity index (χ1) is 12.5. The molecule has 0 fully saturated rings. The number of hydrogen-bond acceptors (Lipinski definition) is 3. The second-order valence-corrected chi connectivity index (χ2v) is 5.39. The molecule has 0 heterocycles. The van der Waals surface area contributed by atoms with Crippen LogP contribution in [-0.4, -0.2) is 17.0 Å². The fourth-order valence-electron chi connectivity index (χ4n) is 2.32. The summed E-state index contributed by atoms with van der Waals surface area (Å²) in [7, 11) is 0. The van der Waals surface area contributed by atoms with Crippen molar-refractivity contribution in [3.63, 3.8) is 0 Å². The van der Waals surface area contributed by atoms with E-state index in [4.69, 9.17) is 9.84 Å². The van der Waals surface area contributed by atoms with Crippen molar-refractivity contribution in [1.82, 2.24) is 0 Å². The molecule has 0 atom stereocenters. The van der Waals surface area contributed by atoms with Crippen LogP contribution in [0.3, 0.4) is 0 Å². The van der Waals surface area contributed by atoms with E-state index in [1.54, 1.807) is 30.3 Å².